The van der Waals surface area contributed by atoms with E-state index in [1.165, 1.54) is 30.4 Å². The molecule has 0 aliphatic rings. The molecule has 0 saturated heterocycles. The first-order valence-electron chi connectivity index (χ1n) is 8.79. The summed E-state index contributed by atoms with van der Waals surface area (Å²) < 4.78 is 11.4. The Morgan fingerprint density at radius 1 is 0.565 bits per heavy atom. The Hall–Kier alpha value is -1.96. The van der Waals surface area contributed by atoms with Gasteiger partial charge in [0.05, 0.1) is 13.2 Å². The van der Waals surface area contributed by atoms with Gasteiger partial charge in [-0.1, -0.05) is 57.4 Å². The Bertz CT molecular complexity index is 543. The highest BCUT2D eigenvalue weighted by molar-refractivity contribution is 5.64. The number of hydrogen-bond acceptors (Lipinski definition) is 2. The summed E-state index contributed by atoms with van der Waals surface area (Å²) in [7, 11) is 0. The fourth-order valence-electron chi connectivity index (χ4n) is 2.43. The molecule has 0 aliphatic heterocycles. The molecule has 0 aromatic heterocycles. The number of rotatable bonds is 10. The van der Waals surface area contributed by atoms with Crippen LogP contribution in [-0.4, -0.2) is 13.2 Å². The lowest BCUT2D eigenvalue weighted by molar-refractivity contribution is 0.305. The second kappa shape index (κ2) is 9.94. The van der Waals surface area contributed by atoms with Crippen LogP contribution in [0.1, 0.15) is 46.0 Å². The van der Waals surface area contributed by atoms with E-state index in [4.69, 9.17) is 9.47 Å². The molecule has 2 rings (SSSR count). The van der Waals surface area contributed by atoms with Crippen LogP contribution in [0, 0.1) is 0 Å². The van der Waals surface area contributed by atoms with Crippen molar-refractivity contribution in [3.63, 3.8) is 0 Å². The van der Waals surface area contributed by atoms with Gasteiger partial charge in [0.15, 0.2) is 0 Å². The molecule has 0 aliphatic carbocycles. The minimum atomic E-state index is 0.767. The third-order valence-electron chi connectivity index (χ3n) is 3.78. The Balaban J connectivity index is 1.86. The zero-order valence-corrected chi connectivity index (χ0v) is 14.4. The molecule has 0 N–H and O–H groups in total. The Labute approximate surface area is 140 Å². The molecule has 0 bridgehead atoms. The summed E-state index contributed by atoms with van der Waals surface area (Å²) in [6.45, 7) is 5.91. The lowest BCUT2D eigenvalue weighted by Gasteiger charge is -2.08. The minimum Gasteiger partial charge on any atom is -0.494 e. The fraction of sp³-hybridized carbons (Fsp3) is 0.429. The van der Waals surface area contributed by atoms with Gasteiger partial charge >= 0.3 is 0 Å². The van der Waals surface area contributed by atoms with Crippen LogP contribution in [0.15, 0.2) is 48.5 Å². The van der Waals surface area contributed by atoms with Crippen molar-refractivity contribution >= 4 is 0 Å². The zero-order valence-electron chi connectivity index (χ0n) is 14.4. The van der Waals surface area contributed by atoms with Gasteiger partial charge in [-0.15, -0.1) is 0 Å². The monoisotopic (exact) mass is 312 g/mol. The Kier molecular flexibility index (Phi) is 7.51. The van der Waals surface area contributed by atoms with Crippen LogP contribution < -0.4 is 9.47 Å². The van der Waals surface area contributed by atoms with Crippen molar-refractivity contribution in [2.75, 3.05) is 13.2 Å². The van der Waals surface area contributed by atoms with Crippen molar-refractivity contribution in [3.05, 3.63) is 48.5 Å². The first kappa shape index (κ1) is 17.4. The van der Waals surface area contributed by atoms with Gasteiger partial charge in [0, 0.05) is 0 Å². The molecular formula is C21H28O2. The van der Waals surface area contributed by atoms with E-state index >= 15 is 0 Å². The predicted molar refractivity (Wildman–Crippen MR) is 97.3 cm³/mol. The van der Waals surface area contributed by atoms with Crippen LogP contribution in [0.25, 0.3) is 11.1 Å². The van der Waals surface area contributed by atoms with Crippen molar-refractivity contribution in [3.8, 4) is 22.6 Å². The molecule has 2 nitrogen and oxygen atoms in total. The second-order valence-corrected chi connectivity index (χ2v) is 5.81. The topological polar surface area (TPSA) is 18.5 Å². The Morgan fingerprint density at radius 3 is 1.57 bits per heavy atom. The average Bonchev–Trinajstić information content (AvgIpc) is 2.61. The largest absolute Gasteiger partial charge is 0.494 e. The summed E-state index contributed by atoms with van der Waals surface area (Å²) in [5.74, 6) is 1.88. The summed E-state index contributed by atoms with van der Waals surface area (Å²) in [6.07, 6.45) is 5.97. The van der Waals surface area contributed by atoms with Gasteiger partial charge < -0.3 is 9.47 Å². The number of unbranched alkanes of at least 4 members (excludes halogenated alkanes) is 3. The fourth-order valence-corrected chi connectivity index (χ4v) is 2.43. The molecule has 0 spiro atoms. The van der Waals surface area contributed by atoms with Gasteiger partial charge in [0.1, 0.15) is 11.5 Å². The summed E-state index contributed by atoms with van der Waals surface area (Å²) in [5, 5.41) is 0. The summed E-state index contributed by atoms with van der Waals surface area (Å²) >= 11 is 0. The molecule has 0 saturated carbocycles. The van der Waals surface area contributed by atoms with Crippen molar-refractivity contribution in [1.29, 1.82) is 0 Å². The molecule has 0 radical (unpaired) electrons. The normalized spacial score (nSPS) is 10.5. The third-order valence-corrected chi connectivity index (χ3v) is 3.78. The summed E-state index contributed by atoms with van der Waals surface area (Å²) in [4.78, 5) is 0. The van der Waals surface area contributed by atoms with Gasteiger partial charge in [0.25, 0.3) is 0 Å². The van der Waals surface area contributed by atoms with Crippen molar-refractivity contribution in [2.45, 2.75) is 46.0 Å². The lowest BCUT2D eigenvalue weighted by atomic mass is 10.1. The van der Waals surface area contributed by atoms with Crippen LogP contribution in [0.5, 0.6) is 11.5 Å². The molecule has 0 amide bonds. The lowest BCUT2D eigenvalue weighted by Crippen LogP contribution is -1.97. The van der Waals surface area contributed by atoms with E-state index in [2.05, 4.69) is 50.2 Å². The first-order valence-corrected chi connectivity index (χ1v) is 8.79. The smallest absolute Gasteiger partial charge is 0.119 e. The minimum absolute atomic E-state index is 0.767. The quantitative estimate of drug-likeness (QED) is 0.493. The molecule has 2 heteroatoms. The van der Waals surface area contributed by atoms with E-state index in [-0.39, 0.29) is 0 Å². The van der Waals surface area contributed by atoms with Gasteiger partial charge in [0.2, 0.25) is 0 Å². The molecule has 0 atom stereocenters. The molecular weight excluding hydrogens is 284 g/mol. The van der Waals surface area contributed by atoms with E-state index in [1.54, 1.807) is 0 Å². The molecule has 0 unspecified atom stereocenters. The summed E-state index contributed by atoms with van der Waals surface area (Å²) in [5.41, 5.74) is 2.40. The number of hydrogen-bond donors (Lipinski definition) is 0. The van der Waals surface area contributed by atoms with Gasteiger partial charge in [-0.2, -0.15) is 0 Å². The van der Waals surface area contributed by atoms with Crippen molar-refractivity contribution in [1.82, 2.24) is 0 Å². The molecule has 0 heterocycles. The first-order chi connectivity index (χ1) is 11.3. The average molecular weight is 312 g/mol. The molecule has 2 aromatic rings. The van der Waals surface area contributed by atoms with Crippen LogP contribution in [0.2, 0.25) is 0 Å². The van der Waals surface area contributed by atoms with Gasteiger partial charge in [-0.3, -0.25) is 0 Å². The third kappa shape index (κ3) is 5.97. The highest BCUT2D eigenvalue weighted by atomic mass is 16.5. The van der Waals surface area contributed by atoms with Crippen molar-refractivity contribution < 1.29 is 9.47 Å². The van der Waals surface area contributed by atoms with Gasteiger partial charge in [-0.25, -0.2) is 0 Å². The van der Waals surface area contributed by atoms with E-state index in [0.717, 1.165) is 37.6 Å². The van der Waals surface area contributed by atoms with E-state index in [0.29, 0.717) is 0 Å². The Morgan fingerprint density at radius 2 is 1.09 bits per heavy atom. The second-order valence-electron chi connectivity index (χ2n) is 5.81. The maximum absolute atomic E-state index is 5.79. The molecule has 23 heavy (non-hydrogen) atoms. The maximum Gasteiger partial charge on any atom is 0.119 e. The van der Waals surface area contributed by atoms with E-state index in [1.807, 2.05) is 12.1 Å². The van der Waals surface area contributed by atoms with E-state index < -0.39 is 0 Å². The highest BCUT2D eigenvalue weighted by Gasteiger charge is 2.00. The van der Waals surface area contributed by atoms with E-state index in [9.17, 15) is 0 Å². The zero-order chi connectivity index (χ0) is 16.3. The summed E-state index contributed by atoms with van der Waals surface area (Å²) in [6, 6.07) is 16.6. The van der Waals surface area contributed by atoms with Crippen LogP contribution in [0.3, 0.4) is 0 Å². The number of ether oxygens (including phenoxy) is 2. The van der Waals surface area contributed by atoms with Crippen LogP contribution in [-0.2, 0) is 0 Å². The molecule has 2 aromatic carbocycles. The van der Waals surface area contributed by atoms with Crippen LogP contribution in [0.4, 0.5) is 0 Å². The maximum atomic E-state index is 5.79. The number of benzene rings is 2. The highest BCUT2D eigenvalue weighted by Crippen LogP contribution is 2.24. The molecule has 124 valence electrons. The van der Waals surface area contributed by atoms with Crippen LogP contribution >= 0.6 is 0 Å². The SMILES string of the molecule is CCCCCCOc1ccc(-c2ccc(OCCC)cc2)cc1. The molecule has 0 fully saturated rings. The standard InChI is InChI=1S/C21H28O2/c1-3-5-6-7-17-23-21-14-10-19(11-15-21)18-8-12-20(13-9-18)22-16-4-2/h8-15H,3-7,16-17H2,1-2H3. The van der Waals surface area contributed by atoms with Crippen molar-refractivity contribution in [2.24, 2.45) is 0 Å². The van der Waals surface area contributed by atoms with Gasteiger partial charge in [-0.05, 0) is 48.2 Å². The predicted octanol–water partition coefficient (Wildman–Crippen LogP) is 6.10.